The number of hydrogen-bond donors (Lipinski definition) is 1. The van der Waals surface area contributed by atoms with Crippen molar-refractivity contribution < 1.29 is 13.2 Å². The lowest BCUT2D eigenvalue weighted by Gasteiger charge is -2.07. The van der Waals surface area contributed by atoms with E-state index in [1.807, 2.05) is 0 Å². The van der Waals surface area contributed by atoms with Crippen LogP contribution >= 0.6 is 0 Å². The summed E-state index contributed by atoms with van der Waals surface area (Å²) in [7, 11) is 0. The van der Waals surface area contributed by atoms with Crippen molar-refractivity contribution in [3.63, 3.8) is 0 Å². The molecule has 2 aromatic rings. The van der Waals surface area contributed by atoms with Crippen LogP contribution in [-0.2, 0) is 11.7 Å². The van der Waals surface area contributed by atoms with Crippen LogP contribution in [0.5, 0.6) is 0 Å². The predicted octanol–water partition coefficient (Wildman–Crippen LogP) is 2.61. The first-order valence-electron chi connectivity index (χ1n) is 5.67. The van der Waals surface area contributed by atoms with Crippen molar-refractivity contribution >= 4 is 5.52 Å². The van der Waals surface area contributed by atoms with E-state index < -0.39 is 17.5 Å². The molecule has 6 heteroatoms. The molecule has 0 aromatic carbocycles. The van der Waals surface area contributed by atoms with Crippen molar-refractivity contribution in [2.45, 2.75) is 31.5 Å². The van der Waals surface area contributed by atoms with E-state index in [0.29, 0.717) is 29.7 Å². The first-order chi connectivity index (χ1) is 8.33. The lowest BCUT2D eigenvalue weighted by Crippen LogP contribution is -2.20. The van der Waals surface area contributed by atoms with E-state index in [1.54, 1.807) is 25.1 Å². The summed E-state index contributed by atoms with van der Waals surface area (Å²) in [5.41, 5.74) is 6.64. The number of rotatable bonds is 1. The third-order valence-electron chi connectivity index (χ3n) is 3.37. The lowest BCUT2D eigenvalue weighted by molar-refractivity contribution is -0.145. The molecular weight excluding hydrogens is 243 g/mol. The van der Waals surface area contributed by atoms with Crippen LogP contribution in [0.3, 0.4) is 0 Å². The topological polar surface area (TPSA) is 43.3 Å². The third kappa shape index (κ3) is 1.52. The van der Waals surface area contributed by atoms with Gasteiger partial charge in [0.05, 0.1) is 16.7 Å². The number of halogens is 3. The minimum Gasteiger partial charge on any atom is -0.320 e. The summed E-state index contributed by atoms with van der Waals surface area (Å²) in [5, 5.41) is 0. The summed E-state index contributed by atoms with van der Waals surface area (Å²) in [6.07, 6.45) is -3.10. The number of hydrogen-bond acceptors (Lipinski definition) is 2. The van der Waals surface area contributed by atoms with Crippen molar-refractivity contribution in [3.05, 3.63) is 35.4 Å². The Labute approximate surface area is 101 Å². The Morgan fingerprint density at radius 2 is 2.00 bits per heavy atom. The molecule has 0 spiro atoms. The molecule has 0 atom stereocenters. The summed E-state index contributed by atoms with van der Waals surface area (Å²) in [6.45, 7) is 1.63. The third-order valence-corrected chi connectivity index (χ3v) is 3.37. The highest BCUT2D eigenvalue weighted by Gasteiger charge is 2.46. The number of imidazole rings is 1. The molecule has 1 saturated carbocycles. The Morgan fingerprint density at radius 1 is 1.33 bits per heavy atom. The van der Waals surface area contributed by atoms with Crippen molar-refractivity contribution in [1.29, 1.82) is 0 Å². The largest absolute Gasteiger partial charge is 0.450 e. The Hall–Kier alpha value is -1.56. The van der Waals surface area contributed by atoms with Gasteiger partial charge < -0.3 is 5.73 Å². The van der Waals surface area contributed by atoms with Crippen molar-refractivity contribution in [1.82, 2.24) is 9.38 Å². The number of nitrogens with two attached hydrogens (primary N) is 1. The van der Waals surface area contributed by atoms with Gasteiger partial charge in [-0.2, -0.15) is 13.2 Å². The van der Waals surface area contributed by atoms with Gasteiger partial charge in [-0.1, -0.05) is 6.07 Å². The maximum Gasteiger partial charge on any atom is 0.450 e. The molecule has 3 rings (SSSR count). The Kier molecular flexibility index (Phi) is 2.09. The maximum absolute atomic E-state index is 13.0. The second kappa shape index (κ2) is 3.26. The highest BCUT2D eigenvalue weighted by Crippen LogP contribution is 2.45. The molecule has 1 aliphatic rings. The first kappa shape index (κ1) is 11.5. The molecule has 0 unspecified atom stereocenters. The monoisotopic (exact) mass is 255 g/mol. The number of nitrogens with zero attached hydrogens (tertiary/aromatic N) is 2. The van der Waals surface area contributed by atoms with Gasteiger partial charge in [-0.3, -0.25) is 4.40 Å². The molecular formula is C12H12F3N3. The van der Waals surface area contributed by atoms with Crippen LogP contribution in [0.15, 0.2) is 18.2 Å². The van der Waals surface area contributed by atoms with Gasteiger partial charge in [0, 0.05) is 5.69 Å². The fourth-order valence-electron chi connectivity index (χ4n) is 2.22. The summed E-state index contributed by atoms with van der Waals surface area (Å²) in [4.78, 5) is 3.77. The SMILES string of the molecule is Cc1cccc2c(C3(N)CC3)nc(C(F)(F)F)n12. The minimum absolute atomic E-state index is 0.360. The van der Waals surface area contributed by atoms with Crippen LogP contribution in [-0.4, -0.2) is 9.38 Å². The summed E-state index contributed by atoms with van der Waals surface area (Å²) < 4.78 is 40.1. The molecule has 0 amide bonds. The number of fused-ring (bicyclic) bond motifs is 1. The summed E-state index contributed by atoms with van der Waals surface area (Å²) in [5.74, 6) is -0.887. The van der Waals surface area contributed by atoms with E-state index in [-0.39, 0.29) is 0 Å². The van der Waals surface area contributed by atoms with E-state index in [4.69, 9.17) is 5.73 Å². The van der Waals surface area contributed by atoms with Crippen LogP contribution in [0.2, 0.25) is 0 Å². The van der Waals surface area contributed by atoms with E-state index in [1.165, 1.54) is 0 Å². The molecule has 0 bridgehead atoms. The molecule has 1 aliphatic carbocycles. The van der Waals surface area contributed by atoms with Crippen LogP contribution in [0, 0.1) is 6.92 Å². The zero-order valence-corrected chi connectivity index (χ0v) is 9.75. The van der Waals surface area contributed by atoms with Gasteiger partial charge in [0.1, 0.15) is 0 Å². The van der Waals surface area contributed by atoms with Crippen LogP contribution in [0.1, 0.15) is 30.1 Å². The fraction of sp³-hybridized carbons (Fsp3) is 0.417. The maximum atomic E-state index is 13.0. The summed E-state index contributed by atoms with van der Waals surface area (Å²) in [6, 6.07) is 4.99. The number of aromatic nitrogens is 2. The average molecular weight is 255 g/mol. The van der Waals surface area contributed by atoms with Crippen molar-refractivity contribution in [2.75, 3.05) is 0 Å². The van der Waals surface area contributed by atoms with Gasteiger partial charge in [0.25, 0.3) is 0 Å². The van der Waals surface area contributed by atoms with E-state index in [2.05, 4.69) is 4.98 Å². The molecule has 1 fully saturated rings. The van der Waals surface area contributed by atoms with Crippen molar-refractivity contribution in [3.8, 4) is 0 Å². The molecule has 2 aromatic heterocycles. The van der Waals surface area contributed by atoms with Crippen LogP contribution < -0.4 is 5.73 Å². The highest BCUT2D eigenvalue weighted by molar-refractivity contribution is 5.58. The molecule has 2 heterocycles. The van der Waals surface area contributed by atoms with Crippen LogP contribution in [0.25, 0.3) is 5.52 Å². The Bertz CT molecular complexity index is 623. The molecule has 3 nitrogen and oxygen atoms in total. The number of aryl methyl sites for hydroxylation is 1. The van der Waals surface area contributed by atoms with Gasteiger partial charge in [0.2, 0.25) is 5.82 Å². The molecule has 0 aliphatic heterocycles. The molecule has 18 heavy (non-hydrogen) atoms. The second-order valence-corrected chi connectivity index (χ2v) is 4.83. The number of pyridine rings is 1. The predicted molar refractivity (Wildman–Crippen MR) is 60.0 cm³/mol. The average Bonchev–Trinajstić information content (AvgIpc) is 2.87. The zero-order chi connectivity index (χ0) is 13.1. The molecule has 2 N–H and O–H groups in total. The normalized spacial score (nSPS) is 18.3. The van der Waals surface area contributed by atoms with Gasteiger partial charge in [-0.05, 0) is 31.9 Å². The van der Waals surface area contributed by atoms with E-state index >= 15 is 0 Å². The Balaban J connectivity index is 2.37. The lowest BCUT2D eigenvalue weighted by atomic mass is 10.1. The van der Waals surface area contributed by atoms with Gasteiger partial charge >= 0.3 is 6.18 Å². The first-order valence-corrected chi connectivity index (χ1v) is 5.67. The summed E-state index contributed by atoms with van der Waals surface area (Å²) >= 11 is 0. The van der Waals surface area contributed by atoms with Gasteiger partial charge in [-0.25, -0.2) is 4.98 Å². The molecule has 0 saturated heterocycles. The molecule has 96 valence electrons. The molecule has 0 radical (unpaired) electrons. The van der Waals surface area contributed by atoms with Crippen LogP contribution in [0.4, 0.5) is 13.2 Å². The van der Waals surface area contributed by atoms with E-state index in [9.17, 15) is 13.2 Å². The smallest absolute Gasteiger partial charge is 0.320 e. The second-order valence-electron chi connectivity index (χ2n) is 4.83. The van der Waals surface area contributed by atoms with E-state index in [0.717, 1.165) is 4.40 Å². The standard InChI is InChI=1S/C12H12F3N3/c1-7-3-2-4-8-9(11(16)5-6-11)17-10(18(7)8)12(13,14)15/h2-4H,5-6,16H2,1H3. The number of alkyl halides is 3. The van der Waals surface area contributed by atoms with Gasteiger partial charge in [0.15, 0.2) is 0 Å². The van der Waals surface area contributed by atoms with Crippen molar-refractivity contribution in [2.24, 2.45) is 5.73 Å². The highest BCUT2D eigenvalue weighted by atomic mass is 19.4. The minimum atomic E-state index is -4.47. The Morgan fingerprint density at radius 3 is 2.56 bits per heavy atom. The fourth-order valence-corrected chi connectivity index (χ4v) is 2.22. The zero-order valence-electron chi connectivity index (χ0n) is 9.75. The quantitative estimate of drug-likeness (QED) is 0.851. The van der Waals surface area contributed by atoms with Gasteiger partial charge in [-0.15, -0.1) is 0 Å².